The van der Waals surface area contributed by atoms with Gasteiger partial charge in [0.25, 0.3) is 5.91 Å². The van der Waals surface area contributed by atoms with Gasteiger partial charge in [-0.1, -0.05) is 0 Å². The van der Waals surface area contributed by atoms with Crippen LogP contribution < -0.4 is 29.7 Å². The van der Waals surface area contributed by atoms with E-state index in [1.54, 1.807) is 25.3 Å². The Morgan fingerprint density at radius 2 is 1.73 bits per heavy atom. The fourth-order valence-corrected chi connectivity index (χ4v) is 5.37. The molecule has 1 aliphatic rings. The smallest absolute Gasteiger partial charge is 0.493 e. The van der Waals surface area contributed by atoms with Gasteiger partial charge in [0.15, 0.2) is 11.5 Å². The molecule has 41 heavy (non-hydrogen) atoms. The molecule has 0 aromatic heterocycles. The summed E-state index contributed by atoms with van der Waals surface area (Å²) >= 11 is 0. The van der Waals surface area contributed by atoms with E-state index in [0.717, 1.165) is 24.3 Å². The van der Waals surface area contributed by atoms with E-state index >= 15 is 0 Å². The molecule has 228 valence electrons. The summed E-state index contributed by atoms with van der Waals surface area (Å²) < 4.78 is 85.8. The van der Waals surface area contributed by atoms with E-state index < -0.39 is 34.2 Å². The fourth-order valence-electron chi connectivity index (χ4n) is 4.09. The second-order valence-corrected chi connectivity index (χ2v) is 11.2. The van der Waals surface area contributed by atoms with Gasteiger partial charge in [-0.2, -0.15) is 0 Å². The lowest BCUT2D eigenvalue weighted by atomic mass is 10.1. The van der Waals surface area contributed by atoms with Crippen molar-refractivity contribution in [2.75, 3.05) is 40.5 Å². The maximum atomic E-state index is 13.5. The maximum absolute atomic E-state index is 13.5. The van der Waals surface area contributed by atoms with Crippen molar-refractivity contribution in [3.63, 3.8) is 0 Å². The zero-order valence-electron chi connectivity index (χ0n) is 23.2. The molecule has 1 unspecified atom stereocenters. The number of nitrogens with zero attached hydrogens (tertiary/aromatic N) is 1. The average molecular weight is 605 g/mol. The van der Waals surface area contributed by atoms with Crippen LogP contribution in [-0.4, -0.2) is 84.3 Å². The molecular weight excluding hydrogens is 569 g/mol. The summed E-state index contributed by atoms with van der Waals surface area (Å²) in [6.45, 7) is 5.10. The predicted octanol–water partition coefficient (Wildman–Crippen LogP) is 2.68. The summed E-state index contributed by atoms with van der Waals surface area (Å²) in [6.07, 6.45) is -4.24. The largest absolute Gasteiger partial charge is 0.573 e. The van der Waals surface area contributed by atoms with Gasteiger partial charge in [0.05, 0.1) is 30.7 Å². The summed E-state index contributed by atoms with van der Waals surface area (Å²) in [4.78, 5) is 13.3. The number of carbonyl (C=O) groups excluding carboxylic acids is 1. The van der Waals surface area contributed by atoms with Crippen LogP contribution in [0.2, 0.25) is 0 Å². The van der Waals surface area contributed by atoms with Crippen LogP contribution in [0, 0.1) is 0 Å². The second kappa shape index (κ2) is 14.2. The molecular formula is C26H35F3N4O7S. The van der Waals surface area contributed by atoms with E-state index in [1.165, 1.54) is 12.1 Å². The monoisotopic (exact) mass is 604 g/mol. The molecule has 11 nitrogen and oxygen atoms in total. The topological polar surface area (TPSA) is 127 Å². The highest BCUT2D eigenvalue weighted by Gasteiger charge is 2.35. The van der Waals surface area contributed by atoms with E-state index in [-0.39, 0.29) is 23.4 Å². The van der Waals surface area contributed by atoms with E-state index in [2.05, 4.69) is 20.2 Å². The van der Waals surface area contributed by atoms with Crippen LogP contribution in [0.3, 0.4) is 0 Å². The molecule has 1 saturated heterocycles. The lowest BCUT2D eigenvalue weighted by Gasteiger charge is -2.33. The van der Waals surface area contributed by atoms with Gasteiger partial charge >= 0.3 is 6.36 Å². The summed E-state index contributed by atoms with van der Waals surface area (Å²) in [5, 5.41) is 4.51. The van der Waals surface area contributed by atoms with Gasteiger partial charge in [-0.15, -0.1) is 13.2 Å². The number of hydrogen-bond donors (Lipinski definition) is 3. The number of methoxy groups -OCH3 is 2. The number of sulfonamides is 1. The number of amides is 1. The molecule has 1 heterocycles. The normalized spacial score (nSPS) is 17.5. The van der Waals surface area contributed by atoms with Crippen molar-refractivity contribution in [3.8, 4) is 17.2 Å². The van der Waals surface area contributed by atoms with Gasteiger partial charge in [-0.3, -0.25) is 9.80 Å². The Bertz CT molecular complexity index is 1260. The third kappa shape index (κ3) is 9.19. The minimum Gasteiger partial charge on any atom is -0.493 e. The molecule has 0 radical (unpaired) electrons. The second-order valence-electron chi connectivity index (χ2n) is 9.47. The van der Waals surface area contributed by atoms with E-state index in [4.69, 9.17) is 14.2 Å². The van der Waals surface area contributed by atoms with Crippen LogP contribution >= 0.6 is 0 Å². The van der Waals surface area contributed by atoms with Gasteiger partial charge in [-0.05, 0) is 56.3 Å². The van der Waals surface area contributed by atoms with Crippen LogP contribution in [0.25, 0.3) is 0 Å². The SMILES string of the molecule is COCCCOc1cc(C(=O)N(N[C@@H]2CNCC2NS(=O)(=O)c2ccc(OC(F)(F)F)cc2)C(C)C)ccc1OC. The van der Waals surface area contributed by atoms with E-state index in [0.29, 0.717) is 43.2 Å². The quantitative estimate of drug-likeness (QED) is 0.220. The summed E-state index contributed by atoms with van der Waals surface area (Å²) in [7, 11) is -1.01. The van der Waals surface area contributed by atoms with Crippen molar-refractivity contribution in [3.05, 3.63) is 48.0 Å². The number of rotatable bonds is 14. The van der Waals surface area contributed by atoms with Gasteiger partial charge in [-0.25, -0.2) is 18.6 Å². The Kier molecular flexibility index (Phi) is 11.2. The van der Waals surface area contributed by atoms with Crippen molar-refractivity contribution in [2.24, 2.45) is 0 Å². The van der Waals surface area contributed by atoms with E-state index in [9.17, 15) is 26.4 Å². The molecule has 2 aromatic rings. The maximum Gasteiger partial charge on any atom is 0.573 e. The minimum atomic E-state index is -4.89. The summed E-state index contributed by atoms with van der Waals surface area (Å²) in [5.41, 5.74) is 3.47. The molecule has 2 aromatic carbocycles. The lowest BCUT2D eigenvalue weighted by molar-refractivity contribution is -0.274. The molecule has 1 aliphatic heterocycles. The Morgan fingerprint density at radius 3 is 2.34 bits per heavy atom. The van der Waals surface area contributed by atoms with Crippen LogP contribution in [0.1, 0.15) is 30.6 Å². The highest BCUT2D eigenvalue weighted by molar-refractivity contribution is 7.89. The Labute approximate surface area is 237 Å². The third-order valence-corrected chi connectivity index (χ3v) is 7.60. The number of alkyl halides is 3. The predicted molar refractivity (Wildman–Crippen MR) is 143 cm³/mol. The number of ether oxygens (including phenoxy) is 4. The number of hydrogen-bond acceptors (Lipinski definition) is 9. The van der Waals surface area contributed by atoms with Crippen LogP contribution in [-0.2, 0) is 14.8 Å². The highest BCUT2D eigenvalue weighted by atomic mass is 32.2. The minimum absolute atomic E-state index is 0.231. The number of carbonyl (C=O) groups is 1. The van der Waals surface area contributed by atoms with Gasteiger partial charge in [0, 0.05) is 44.8 Å². The molecule has 3 rings (SSSR count). The first kappa shape index (κ1) is 32.4. The zero-order valence-corrected chi connectivity index (χ0v) is 24.0. The number of hydrazine groups is 1. The number of benzene rings is 2. The Morgan fingerprint density at radius 1 is 1.05 bits per heavy atom. The molecule has 2 atom stereocenters. The third-order valence-electron chi connectivity index (χ3n) is 6.09. The van der Waals surface area contributed by atoms with E-state index in [1.807, 2.05) is 13.8 Å². The Balaban J connectivity index is 1.72. The molecule has 0 spiro atoms. The first-order valence-electron chi connectivity index (χ1n) is 12.8. The molecule has 1 fully saturated rings. The summed E-state index contributed by atoms with van der Waals surface area (Å²) in [5.74, 6) is -0.0293. The van der Waals surface area contributed by atoms with Gasteiger partial charge in [0.2, 0.25) is 10.0 Å². The van der Waals surface area contributed by atoms with Crippen LogP contribution in [0.5, 0.6) is 17.2 Å². The van der Waals surface area contributed by atoms with Crippen molar-refractivity contribution in [1.29, 1.82) is 0 Å². The Hall–Kier alpha value is -3.11. The van der Waals surface area contributed by atoms with Gasteiger partial charge < -0.3 is 24.3 Å². The number of nitrogens with one attached hydrogen (secondary N) is 3. The number of halogens is 3. The fraction of sp³-hybridized carbons (Fsp3) is 0.500. The molecule has 0 aliphatic carbocycles. The van der Waals surface area contributed by atoms with Crippen molar-refractivity contribution < 1.29 is 45.3 Å². The lowest BCUT2D eigenvalue weighted by Crippen LogP contribution is -2.58. The van der Waals surface area contributed by atoms with Gasteiger partial charge in [0.1, 0.15) is 5.75 Å². The highest BCUT2D eigenvalue weighted by Crippen LogP contribution is 2.29. The van der Waals surface area contributed by atoms with Crippen molar-refractivity contribution in [1.82, 2.24) is 20.5 Å². The first-order chi connectivity index (χ1) is 19.3. The average Bonchev–Trinajstić information content (AvgIpc) is 3.34. The molecule has 1 amide bonds. The van der Waals surface area contributed by atoms with Crippen molar-refractivity contribution >= 4 is 15.9 Å². The van der Waals surface area contributed by atoms with Crippen LogP contribution in [0.15, 0.2) is 47.4 Å². The molecule has 0 bridgehead atoms. The molecule has 3 N–H and O–H groups in total. The standard InChI is InChI=1S/C26H35F3N4O7S/c1-17(2)33(25(34)18-6-11-23(38-4)24(14-18)39-13-5-12-37-3)31-21-15-30-16-22(21)32-41(35,36)20-9-7-19(8-10-20)40-26(27,28)29/h6-11,14,17,21-22,30-32H,5,12-13,15-16H2,1-4H3/t21-,22?/m1/s1. The van der Waals surface area contributed by atoms with Crippen molar-refractivity contribution in [2.45, 2.75) is 49.7 Å². The molecule has 15 heteroatoms. The van der Waals surface area contributed by atoms with Crippen LogP contribution in [0.4, 0.5) is 13.2 Å². The summed E-state index contributed by atoms with van der Waals surface area (Å²) in [6, 6.07) is 7.23. The molecule has 0 saturated carbocycles. The first-order valence-corrected chi connectivity index (χ1v) is 14.3. The zero-order chi connectivity index (χ0) is 30.2.